The van der Waals surface area contributed by atoms with Gasteiger partial charge in [-0.3, -0.25) is 0 Å². The van der Waals surface area contributed by atoms with Crippen molar-refractivity contribution in [3.8, 4) is 11.5 Å². The molecular weight excluding hydrogens is 240 g/mol. The molecule has 0 bridgehead atoms. The molecule has 0 aliphatic heterocycles. The van der Waals surface area contributed by atoms with Crippen LogP contribution in [0, 0.1) is 0 Å². The Bertz CT molecular complexity index is 415. The van der Waals surface area contributed by atoms with Gasteiger partial charge < -0.3 is 14.6 Å². The molecule has 2 aromatic rings. The lowest BCUT2D eigenvalue weighted by atomic mass is 10.3. The first-order valence-electron chi connectivity index (χ1n) is 6.24. The third kappa shape index (κ3) is 7.11. The van der Waals surface area contributed by atoms with E-state index in [9.17, 15) is 0 Å². The molecule has 0 amide bonds. The second-order valence-corrected chi connectivity index (χ2v) is 3.76. The summed E-state index contributed by atoms with van der Waals surface area (Å²) in [7, 11) is 1.66. The van der Waals surface area contributed by atoms with Gasteiger partial charge >= 0.3 is 0 Å². The molecule has 0 fully saturated rings. The van der Waals surface area contributed by atoms with Gasteiger partial charge in [0.2, 0.25) is 0 Å². The van der Waals surface area contributed by atoms with Crippen molar-refractivity contribution in [2.45, 2.75) is 6.42 Å². The van der Waals surface area contributed by atoms with Crippen molar-refractivity contribution < 1.29 is 14.6 Å². The fraction of sp³-hybridized carbons (Fsp3) is 0.250. The molecule has 3 nitrogen and oxygen atoms in total. The first-order valence-corrected chi connectivity index (χ1v) is 6.24. The number of aliphatic hydroxyl groups excluding tert-OH is 1. The Balaban J connectivity index is 0.000000200. The Kier molecular flexibility index (Phi) is 7.90. The van der Waals surface area contributed by atoms with E-state index < -0.39 is 0 Å². The predicted molar refractivity (Wildman–Crippen MR) is 76.6 cm³/mol. The van der Waals surface area contributed by atoms with E-state index in [-0.39, 0.29) is 6.61 Å². The van der Waals surface area contributed by atoms with Crippen LogP contribution in [0.2, 0.25) is 0 Å². The highest BCUT2D eigenvalue weighted by Crippen LogP contribution is 2.08. The average Bonchev–Trinajstić information content (AvgIpc) is 2.50. The largest absolute Gasteiger partial charge is 0.497 e. The second kappa shape index (κ2) is 9.97. The Morgan fingerprint density at radius 1 is 0.842 bits per heavy atom. The molecule has 0 heterocycles. The molecular formula is C16H20O3. The minimum Gasteiger partial charge on any atom is -0.497 e. The Labute approximate surface area is 114 Å². The molecule has 0 aliphatic rings. The van der Waals surface area contributed by atoms with Crippen molar-refractivity contribution in [3.63, 3.8) is 0 Å². The number of para-hydroxylation sites is 2. The van der Waals surface area contributed by atoms with Crippen molar-refractivity contribution in [1.29, 1.82) is 0 Å². The number of hydrogen-bond donors (Lipinski definition) is 1. The van der Waals surface area contributed by atoms with Gasteiger partial charge in [0.1, 0.15) is 11.5 Å². The molecule has 0 aliphatic carbocycles. The van der Waals surface area contributed by atoms with Gasteiger partial charge in [-0.2, -0.15) is 0 Å². The first kappa shape index (κ1) is 15.1. The molecule has 102 valence electrons. The Morgan fingerprint density at radius 2 is 1.37 bits per heavy atom. The molecule has 0 spiro atoms. The van der Waals surface area contributed by atoms with Crippen LogP contribution in [-0.4, -0.2) is 25.4 Å². The zero-order valence-electron chi connectivity index (χ0n) is 11.2. The minimum absolute atomic E-state index is 0.187. The minimum atomic E-state index is 0.187. The highest BCUT2D eigenvalue weighted by atomic mass is 16.5. The summed E-state index contributed by atoms with van der Waals surface area (Å²) in [6.07, 6.45) is 0.689. The monoisotopic (exact) mass is 260 g/mol. The molecule has 3 heteroatoms. The number of hydrogen-bond acceptors (Lipinski definition) is 3. The van der Waals surface area contributed by atoms with Crippen molar-refractivity contribution in [1.82, 2.24) is 0 Å². The highest BCUT2D eigenvalue weighted by Gasteiger charge is 1.88. The lowest BCUT2D eigenvalue weighted by Gasteiger charge is -2.02. The van der Waals surface area contributed by atoms with Crippen LogP contribution in [0.25, 0.3) is 0 Å². The van der Waals surface area contributed by atoms with Crippen LogP contribution in [0.15, 0.2) is 60.7 Å². The third-order valence-electron chi connectivity index (χ3n) is 2.29. The summed E-state index contributed by atoms with van der Waals surface area (Å²) in [6, 6.07) is 19.3. The number of ether oxygens (including phenoxy) is 2. The lowest BCUT2D eigenvalue weighted by molar-refractivity contribution is 0.233. The average molecular weight is 260 g/mol. The zero-order valence-corrected chi connectivity index (χ0v) is 11.2. The second-order valence-electron chi connectivity index (χ2n) is 3.76. The summed E-state index contributed by atoms with van der Waals surface area (Å²) in [5, 5.41) is 8.46. The van der Waals surface area contributed by atoms with Gasteiger partial charge in [0.05, 0.1) is 13.7 Å². The van der Waals surface area contributed by atoms with E-state index in [1.807, 2.05) is 60.7 Å². The zero-order chi connectivity index (χ0) is 13.8. The first-order chi connectivity index (χ1) is 9.36. The highest BCUT2D eigenvalue weighted by molar-refractivity contribution is 5.21. The maximum atomic E-state index is 8.46. The van der Waals surface area contributed by atoms with Crippen LogP contribution in [-0.2, 0) is 0 Å². The molecule has 19 heavy (non-hydrogen) atoms. The van der Waals surface area contributed by atoms with Crippen LogP contribution in [0.5, 0.6) is 11.5 Å². The molecule has 0 aromatic heterocycles. The van der Waals surface area contributed by atoms with E-state index in [1.165, 1.54) is 0 Å². The van der Waals surface area contributed by atoms with E-state index in [1.54, 1.807) is 7.11 Å². The van der Waals surface area contributed by atoms with Gasteiger partial charge in [0.25, 0.3) is 0 Å². The number of methoxy groups -OCH3 is 1. The van der Waals surface area contributed by atoms with Crippen molar-refractivity contribution in [3.05, 3.63) is 60.7 Å². The van der Waals surface area contributed by atoms with E-state index in [4.69, 9.17) is 14.6 Å². The maximum Gasteiger partial charge on any atom is 0.119 e. The van der Waals surface area contributed by atoms with E-state index >= 15 is 0 Å². The van der Waals surface area contributed by atoms with Gasteiger partial charge in [0.15, 0.2) is 0 Å². The maximum absolute atomic E-state index is 8.46. The van der Waals surface area contributed by atoms with Crippen molar-refractivity contribution in [2.24, 2.45) is 0 Å². The molecule has 1 N–H and O–H groups in total. The molecule has 0 saturated heterocycles. The SMILES string of the molecule is COc1ccccc1.OCCCOc1ccccc1. The lowest BCUT2D eigenvalue weighted by Crippen LogP contribution is -1.98. The normalized spacial score (nSPS) is 9.16. The molecule has 0 unspecified atom stereocenters. The summed E-state index contributed by atoms with van der Waals surface area (Å²) in [4.78, 5) is 0. The van der Waals surface area contributed by atoms with Crippen LogP contribution in [0.1, 0.15) is 6.42 Å². The number of benzene rings is 2. The standard InChI is InChI=1S/C9H12O2.C7H8O/c10-7-4-8-11-9-5-2-1-3-6-9;1-8-7-5-3-2-4-6-7/h1-3,5-6,10H,4,7-8H2;2-6H,1H3. The quantitative estimate of drug-likeness (QED) is 0.839. The van der Waals surface area contributed by atoms with Crippen molar-refractivity contribution >= 4 is 0 Å². The molecule has 0 saturated carbocycles. The van der Waals surface area contributed by atoms with Crippen molar-refractivity contribution in [2.75, 3.05) is 20.3 Å². The number of aliphatic hydroxyl groups is 1. The fourth-order valence-corrected chi connectivity index (χ4v) is 1.33. The predicted octanol–water partition coefficient (Wildman–Crippen LogP) is 3.14. The summed E-state index contributed by atoms with van der Waals surface area (Å²) >= 11 is 0. The Morgan fingerprint density at radius 3 is 1.79 bits per heavy atom. The van der Waals surface area contributed by atoms with Gasteiger partial charge in [-0.15, -0.1) is 0 Å². The summed E-state index contributed by atoms with van der Waals surface area (Å²) in [5.74, 6) is 1.77. The van der Waals surface area contributed by atoms with Gasteiger partial charge in [-0.05, 0) is 24.3 Å². The van der Waals surface area contributed by atoms with Crippen LogP contribution in [0.3, 0.4) is 0 Å². The van der Waals surface area contributed by atoms with Crippen LogP contribution < -0.4 is 9.47 Å². The fourth-order valence-electron chi connectivity index (χ4n) is 1.33. The topological polar surface area (TPSA) is 38.7 Å². The number of rotatable bonds is 5. The van der Waals surface area contributed by atoms with Gasteiger partial charge in [-0.1, -0.05) is 36.4 Å². The van der Waals surface area contributed by atoms with Crippen LogP contribution >= 0.6 is 0 Å². The van der Waals surface area contributed by atoms with Crippen LogP contribution in [0.4, 0.5) is 0 Å². The van der Waals surface area contributed by atoms with E-state index in [0.717, 1.165) is 11.5 Å². The van der Waals surface area contributed by atoms with E-state index in [0.29, 0.717) is 13.0 Å². The van der Waals surface area contributed by atoms with Gasteiger partial charge in [-0.25, -0.2) is 0 Å². The molecule has 0 radical (unpaired) electrons. The molecule has 0 atom stereocenters. The third-order valence-corrected chi connectivity index (χ3v) is 2.29. The summed E-state index contributed by atoms with van der Waals surface area (Å²) in [5.41, 5.74) is 0. The molecule has 2 rings (SSSR count). The molecule has 2 aromatic carbocycles. The Hall–Kier alpha value is -2.00. The summed E-state index contributed by atoms with van der Waals surface area (Å²) < 4.78 is 10.2. The van der Waals surface area contributed by atoms with E-state index in [2.05, 4.69) is 0 Å². The summed E-state index contributed by atoms with van der Waals surface area (Å²) in [6.45, 7) is 0.771. The smallest absolute Gasteiger partial charge is 0.119 e. The van der Waals surface area contributed by atoms with Gasteiger partial charge in [0, 0.05) is 13.0 Å².